The summed E-state index contributed by atoms with van der Waals surface area (Å²) in [5.74, 6) is 0.181. The monoisotopic (exact) mass is 371 g/mol. The number of hydrogen-bond acceptors (Lipinski definition) is 7. The van der Waals surface area contributed by atoms with Crippen molar-refractivity contribution in [3.8, 4) is 11.5 Å². The molecule has 1 aromatic carbocycles. The Morgan fingerprint density at radius 2 is 1.81 bits per heavy atom. The van der Waals surface area contributed by atoms with Crippen LogP contribution in [-0.2, 0) is 4.74 Å². The molecule has 0 aliphatic heterocycles. The molecular weight excluding hydrogens is 350 g/mol. The molecule has 8 heteroatoms. The number of pyridine rings is 1. The van der Waals surface area contributed by atoms with Crippen LogP contribution < -0.4 is 14.9 Å². The summed E-state index contributed by atoms with van der Waals surface area (Å²) < 4.78 is 15.5. The van der Waals surface area contributed by atoms with E-state index in [0.717, 1.165) is 0 Å². The Morgan fingerprint density at radius 1 is 1.11 bits per heavy atom. The first-order valence-electron chi connectivity index (χ1n) is 8.11. The van der Waals surface area contributed by atoms with E-state index >= 15 is 0 Å². The van der Waals surface area contributed by atoms with E-state index in [9.17, 15) is 9.59 Å². The summed E-state index contributed by atoms with van der Waals surface area (Å²) in [4.78, 5) is 27.5. The fourth-order valence-corrected chi connectivity index (χ4v) is 1.94. The number of nitrogens with one attached hydrogen (secondary N) is 1. The number of hydrazone groups is 1. The second kappa shape index (κ2) is 8.79. The quantitative estimate of drug-likeness (QED) is 0.375. The molecule has 142 valence electrons. The molecule has 0 unspecified atom stereocenters. The lowest BCUT2D eigenvalue weighted by Gasteiger charge is -2.19. The highest BCUT2D eigenvalue weighted by molar-refractivity contribution is 5.94. The van der Waals surface area contributed by atoms with Gasteiger partial charge in [-0.05, 0) is 56.7 Å². The van der Waals surface area contributed by atoms with Crippen molar-refractivity contribution in [2.75, 3.05) is 7.11 Å². The maximum Gasteiger partial charge on any atom is 0.514 e. The van der Waals surface area contributed by atoms with Crippen molar-refractivity contribution in [1.29, 1.82) is 0 Å². The molecule has 2 rings (SSSR count). The zero-order valence-electron chi connectivity index (χ0n) is 15.6. The average Bonchev–Trinajstić information content (AvgIpc) is 2.61. The molecule has 0 saturated carbocycles. The van der Waals surface area contributed by atoms with E-state index in [2.05, 4.69) is 15.5 Å². The van der Waals surface area contributed by atoms with Gasteiger partial charge in [-0.3, -0.25) is 9.78 Å². The molecule has 1 N–H and O–H groups in total. The van der Waals surface area contributed by atoms with E-state index in [-0.39, 0.29) is 11.7 Å². The summed E-state index contributed by atoms with van der Waals surface area (Å²) in [6, 6.07) is 7.98. The van der Waals surface area contributed by atoms with E-state index in [1.165, 1.54) is 25.7 Å². The molecule has 1 heterocycles. The smallest absolute Gasteiger partial charge is 0.493 e. The van der Waals surface area contributed by atoms with Gasteiger partial charge in [0, 0.05) is 18.0 Å². The third-order valence-corrected chi connectivity index (χ3v) is 3.09. The maximum absolute atomic E-state index is 11.9. The molecule has 8 nitrogen and oxygen atoms in total. The first-order chi connectivity index (χ1) is 12.8. The zero-order valence-corrected chi connectivity index (χ0v) is 15.6. The summed E-state index contributed by atoms with van der Waals surface area (Å²) in [5, 5.41) is 3.90. The third-order valence-electron chi connectivity index (χ3n) is 3.09. The molecule has 0 aliphatic rings. The van der Waals surface area contributed by atoms with Crippen LogP contribution >= 0.6 is 0 Å². The van der Waals surface area contributed by atoms with E-state index in [4.69, 9.17) is 14.2 Å². The number of benzene rings is 1. The van der Waals surface area contributed by atoms with Gasteiger partial charge in [0.25, 0.3) is 5.91 Å². The van der Waals surface area contributed by atoms with Crippen LogP contribution in [0.5, 0.6) is 11.5 Å². The van der Waals surface area contributed by atoms with Gasteiger partial charge in [0.05, 0.1) is 13.3 Å². The van der Waals surface area contributed by atoms with Crippen LogP contribution in [0.3, 0.4) is 0 Å². The Kier molecular flexibility index (Phi) is 6.48. The minimum Gasteiger partial charge on any atom is -0.493 e. The highest BCUT2D eigenvalue weighted by atomic mass is 16.7. The summed E-state index contributed by atoms with van der Waals surface area (Å²) >= 11 is 0. The molecule has 0 bridgehead atoms. The third kappa shape index (κ3) is 6.43. The Morgan fingerprint density at radius 3 is 2.44 bits per heavy atom. The largest absolute Gasteiger partial charge is 0.514 e. The number of aromatic nitrogens is 1. The van der Waals surface area contributed by atoms with Gasteiger partial charge in [0.1, 0.15) is 5.60 Å². The number of rotatable bonds is 5. The van der Waals surface area contributed by atoms with Crippen molar-refractivity contribution in [2.45, 2.75) is 26.4 Å². The van der Waals surface area contributed by atoms with Gasteiger partial charge in [-0.2, -0.15) is 5.10 Å². The second-order valence-electron chi connectivity index (χ2n) is 6.41. The van der Waals surface area contributed by atoms with Gasteiger partial charge in [-0.25, -0.2) is 10.2 Å². The highest BCUT2D eigenvalue weighted by Gasteiger charge is 2.19. The molecule has 0 saturated heterocycles. The summed E-state index contributed by atoms with van der Waals surface area (Å²) in [6.45, 7) is 5.22. The topological polar surface area (TPSA) is 99.1 Å². The molecule has 0 aliphatic carbocycles. The number of hydrogen-bond donors (Lipinski definition) is 1. The Balaban J connectivity index is 2.02. The first kappa shape index (κ1) is 19.9. The van der Waals surface area contributed by atoms with Crippen LogP contribution in [0.4, 0.5) is 4.79 Å². The molecule has 0 radical (unpaired) electrons. The highest BCUT2D eigenvalue weighted by Crippen LogP contribution is 2.28. The molecule has 0 fully saturated rings. The van der Waals surface area contributed by atoms with E-state index < -0.39 is 11.8 Å². The van der Waals surface area contributed by atoms with E-state index in [1.807, 2.05) is 0 Å². The number of ether oxygens (including phenoxy) is 3. The normalized spacial score (nSPS) is 11.1. The van der Waals surface area contributed by atoms with E-state index in [0.29, 0.717) is 16.9 Å². The Bertz CT molecular complexity index is 829. The molecule has 2 aromatic rings. The lowest BCUT2D eigenvalue weighted by atomic mass is 10.2. The predicted molar refractivity (Wildman–Crippen MR) is 99.2 cm³/mol. The summed E-state index contributed by atoms with van der Waals surface area (Å²) in [7, 11) is 1.45. The average molecular weight is 371 g/mol. The fraction of sp³-hybridized carbons (Fsp3) is 0.263. The SMILES string of the molecule is COc1cc(C=NNC(=O)c2ccncc2)ccc1OC(=O)OC(C)(C)C. The maximum atomic E-state index is 11.9. The first-order valence-corrected chi connectivity index (χ1v) is 8.11. The second-order valence-corrected chi connectivity index (χ2v) is 6.41. The summed E-state index contributed by atoms with van der Waals surface area (Å²) in [6.07, 6.45) is 3.66. The number of carbonyl (C=O) groups is 2. The van der Waals surface area contributed by atoms with Crippen molar-refractivity contribution in [2.24, 2.45) is 5.10 Å². The minimum absolute atomic E-state index is 0.213. The molecular formula is C19H21N3O5. The van der Waals surface area contributed by atoms with Gasteiger partial charge in [0.15, 0.2) is 11.5 Å². The number of carbonyl (C=O) groups excluding carboxylic acids is 2. The molecule has 1 amide bonds. The number of methoxy groups -OCH3 is 1. The van der Waals surface area contributed by atoms with Crippen molar-refractivity contribution in [3.05, 3.63) is 53.9 Å². The molecule has 0 spiro atoms. The van der Waals surface area contributed by atoms with Crippen LogP contribution in [0.15, 0.2) is 47.8 Å². The fourth-order valence-electron chi connectivity index (χ4n) is 1.94. The molecule has 1 aromatic heterocycles. The van der Waals surface area contributed by atoms with Crippen molar-refractivity contribution < 1.29 is 23.8 Å². The summed E-state index contributed by atoms with van der Waals surface area (Å²) in [5.41, 5.74) is 2.83. The van der Waals surface area contributed by atoms with Gasteiger partial charge < -0.3 is 14.2 Å². The predicted octanol–water partition coefficient (Wildman–Crippen LogP) is 3.17. The van der Waals surface area contributed by atoms with Crippen LogP contribution in [-0.4, -0.2) is 36.0 Å². The lowest BCUT2D eigenvalue weighted by molar-refractivity contribution is 0.0201. The standard InChI is InChI=1S/C19H21N3O5/c1-19(2,3)27-18(24)26-15-6-5-13(11-16(15)25-4)12-21-22-17(23)14-7-9-20-10-8-14/h5-12H,1-4H3,(H,22,23). The van der Waals surface area contributed by atoms with Crippen molar-refractivity contribution in [3.63, 3.8) is 0 Å². The van der Waals surface area contributed by atoms with Crippen LogP contribution in [0.25, 0.3) is 0 Å². The Hall–Kier alpha value is -3.42. The Labute approximate surface area is 157 Å². The van der Waals surface area contributed by atoms with Gasteiger partial charge >= 0.3 is 6.16 Å². The van der Waals surface area contributed by atoms with Gasteiger partial charge in [-0.15, -0.1) is 0 Å². The van der Waals surface area contributed by atoms with Crippen LogP contribution in [0.2, 0.25) is 0 Å². The van der Waals surface area contributed by atoms with Gasteiger partial charge in [-0.1, -0.05) is 0 Å². The van der Waals surface area contributed by atoms with Crippen molar-refractivity contribution in [1.82, 2.24) is 10.4 Å². The molecule has 27 heavy (non-hydrogen) atoms. The number of nitrogens with zero attached hydrogens (tertiary/aromatic N) is 2. The number of amides is 1. The van der Waals surface area contributed by atoms with Crippen LogP contribution in [0, 0.1) is 0 Å². The van der Waals surface area contributed by atoms with Gasteiger partial charge in [0.2, 0.25) is 0 Å². The van der Waals surface area contributed by atoms with Crippen LogP contribution in [0.1, 0.15) is 36.7 Å². The lowest BCUT2D eigenvalue weighted by Crippen LogP contribution is -2.26. The minimum atomic E-state index is -0.827. The zero-order chi connectivity index (χ0) is 19.9. The van der Waals surface area contributed by atoms with Crippen molar-refractivity contribution >= 4 is 18.3 Å². The van der Waals surface area contributed by atoms with E-state index in [1.54, 1.807) is 51.1 Å². The molecule has 0 atom stereocenters.